The molecule has 3 aromatic rings. The van der Waals surface area contributed by atoms with E-state index in [1.807, 2.05) is 41.5 Å². The van der Waals surface area contributed by atoms with E-state index in [9.17, 15) is 9.59 Å². The Kier molecular flexibility index (Phi) is 9.94. The third kappa shape index (κ3) is 7.15. The lowest BCUT2D eigenvalue weighted by Gasteiger charge is -2.36. The van der Waals surface area contributed by atoms with Gasteiger partial charge in [0.1, 0.15) is 0 Å². The van der Waals surface area contributed by atoms with Crippen LogP contribution in [0.5, 0.6) is 0 Å². The van der Waals surface area contributed by atoms with Gasteiger partial charge in [0.2, 0.25) is 5.91 Å². The number of para-hydroxylation sites is 1. The number of nitrogens with zero attached hydrogens (tertiary/aromatic N) is 5. The average molecular weight is 588 g/mol. The van der Waals surface area contributed by atoms with Gasteiger partial charge in [-0.1, -0.05) is 73.1 Å². The first kappa shape index (κ1) is 29.0. The topological polar surface area (TPSA) is 83.4 Å². The molecule has 0 saturated carbocycles. The van der Waals surface area contributed by atoms with Crippen LogP contribution in [0.25, 0.3) is 0 Å². The second-order valence-electron chi connectivity index (χ2n) is 9.55. The van der Waals surface area contributed by atoms with E-state index in [2.05, 4.69) is 39.1 Å². The summed E-state index contributed by atoms with van der Waals surface area (Å²) in [6.07, 6.45) is 1.75. The van der Waals surface area contributed by atoms with Crippen LogP contribution in [0.4, 0.5) is 5.69 Å². The Balaban J connectivity index is 1.42. The van der Waals surface area contributed by atoms with Crippen molar-refractivity contribution in [1.82, 2.24) is 25.0 Å². The third-order valence-corrected chi connectivity index (χ3v) is 8.04. The van der Waals surface area contributed by atoms with Crippen molar-refractivity contribution >= 4 is 52.5 Å². The largest absolute Gasteiger partial charge is 0.368 e. The third-order valence-electron chi connectivity index (χ3n) is 6.54. The highest BCUT2D eigenvalue weighted by molar-refractivity contribution is 7.99. The van der Waals surface area contributed by atoms with Crippen molar-refractivity contribution in [2.45, 2.75) is 31.6 Å². The maximum absolute atomic E-state index is 13.1. The number of hydrogen-bond donors (Lipinski definition) is 1. The van der Waals surface area contributed by atoms with E-state index in [4.69, 9.17) is 23.2 Å². The number of amides is 2. The second-order valence-corrected chi connectivity index (χ2v) is 11.3. The molecule has 1 fully saturated rings. The van der Waals surface area contributed by atoms with Crippen molar-refractivity contribution in [2.24, 2.45) is 5.92 Å². The first-order valence-corrected chi connectivity index (χ1v) is 14.5. The Morgan fingerprint density at radius 1 is 1.08 bits per heavy atom. The van der Waals surface area contributed by atoms with Gasteiger partial charge in [0, 0.05) is 43.4 Å². The molecule has 1 N–H and O–H groups in total. The predicted molar refractivity (Wildman–Crippen MR) is 158 cm³/mol. The SMILES string of the molecule is C=CCn1c(SCC(=O)N2CCN(c3ccccc3)CC2)nnc1C(NC(=O)c1ccc(Cl)cc1Cl)C(C)C. The summed E-state index contributed by atoms with van der Waals surface area (Å²) < 4.78 is 1.90. The molecule has 2 heterocycles. The summed E-state index contributed by atoms with van der Waals surface area (Å²) in [5.74, 6) is 0.582. The van der Waals surface area contributed by atoms with Crippen molar-refractivity contribution in [3.63, 3.8) is 0 Å². The number of carbonyl (C=O) groups is 2. The molecule has 1 unspecified atom stereocenters. The van der Waals surface area contributed by atoms with E-state index in [1.54, 1.807) is 18.2 Å². The minimum absolute atomic E-state index is 0.00758. The number of nitrogens with one attached hydrogen (secondary N) is 1. The molecule has 2 aromatic carbocycles. The first-order chi connectivity index (χ1) is 18.8. The van der Waals surface area contributed by atoms with Crippen LogP contribution < -0.4 is 10.2 Å². The van der Waals surface area contributed by atoms with Gasteiger partial charge in [-0.3, -0.25) is 9.59 Å². The molecule has 206 valence electrons. The highest BCUT2D eigenvalue weighted by Crippen LogP contribution is 2.27. The van der Waals surface area contributed by atoms with Gasteiger partial charge in [-0.05, 0) is 36.2 Å². The highest BCUT2D eigenvalue weighted by atomic mass is 35.5. The summed E-state index contributed by atoms with van der Waals surface area (Å²) in [7, 11) is 0. The summed E-state index contributed by atoms with van der Waals surface area (Å²) >= 11 is 13.6. The van der Waals surface area contributed by atoms with E-state index in [0.717, 1.165) is 13.1 Å². The van der Waals surface area contributed by atoms with E-state index in [-0.39, 0.29) is 28.5 Å². The quantitative estimate of drug-likeness (QED) is 0.255. The monoisotopic (exact) mass is 586 g/mol. The predicted octanol–water partition coefficient (Wildman–Crippen LogP) is 5.34. The molecule has 1 aromatic heterocycles. The summed E-state index contributed by atoms with van der Waals surface area (Å²) in [6.45, 7) is 11.2. The van der Waals surface area contributed by atoms with Gasteiger partial charge < -0.3 is 19.7 Å². The number of piperazine rings is 1. The highest BCUT2D eigenvalue weighted by Gasteiger charge is 2.28. The number of hydrogen-bond acceptors (Lipinski definition) is 6. The normalized spacial score (nSPS) is 14.4. The van der Waals surface area contributed by atoms with E-state index in [1.165, 1.54) is 23.5 Å². The smallest absolute Gasteiger partial charge is 0.253 e. The molecule has 2 amide bonds. The molecule has 0 spiro atoms. The first-order valence-electron chi connectivity index (χ1n) is 12.8. The van der Waals surface area contributed by atoms with Crippen LogP contribution in [0.15, 0.2) is 66.3 Å². The Bertz CT molecular complexity index is 1310. The van der Waals surface area contributed by atoms with E-state index < -0.39 is 6.04 Å². The molecule has 4 rings (SSSR count). The lowest BCUT2D eigenvalue weighted by atomic mass is 10.0. The zero-order valence-electron chi connectivity index (χ0n) is 22.0. The molecule has 39 heavy (non-hydrogen) atoms. The van der Waals surface area contributed by atoms with Gasteiger partial charge in [-0.2, -0.15) is 0 Å². The van der Waals surface area contributed by atoms with Gasteiger partial charge in [0.05, 0.1) is 22.4 Å². The fourth-order valence-electron chi connectivity index (χ4n) is 4.43. The lowest BCUT2D eigenvalue weighted by Crippen LogP contribution is -2.49. The molecule has 0 bridgehead atoms. The van der Waals surface area contributed by atoms with Crippen molar-refractivity contribution in [3.8, 4) is 0 Å². The van der Waals surface area contributed by atoms with Crippen molar-refractivity contribution in [2.75, 3.05) is 36.8 Å². The van der Waals surface area contributed by atoms with Gasteiger partial charge in [-0.25, -0.2) is 0 Å². The molecule has 0 radical (unpaired) electrons. The molecular formula is C28H32Cl2N6O2S. The molecular weight excluding hydrogens is 555 g/mol. The standard InChI is InChI=1S/C28H32Cl2N6O2S/c1-4-12-36-26(25(19(2)3)31-27(38)22-11-10-20(29)17-23(22)30)32-33-28(36)39-18-24(37)35-15-13-34(14-16-35)21-8-6-5-7-9-21/h4-11,17,19,25H,1,12-16,18H2,2-3H3,(H,31,38). The zero-order valence-corrected chi connectivity index (χ0v) is 24.3. The number of aromatic nitrogens is 3. The second kappa shape index (κ2) is 13.4. The van der Waals surface area contributed by atoms with E-state index >= 15 is 0 Å². The van der Waals surface area contributed by atoms with Crippen LogP contribution in [-0.2, 0) is 11.3 Å². The molecule has 1 aliphatic rings. The number of thioether (sulfide) groups is 1. The molecule has 1 saturated heterocycles. The fraction of sp³-hybridized carbons (Fsp3) is 0.357. The van der Waals surface area contributed by atoms with Gasteiger partial charge in [0.15, 0.2) is 11.0 Å². The van der Waals surface area contributed by atoms with Gasteiger partial charge in [0.25, 0.3) is 5.91 Å². The fourth-order valence-corrected chi connectivity index (χ4v) is 5.78. The Morgan fingerprint density at radius 3 is 2.44 bits per heavy atom. The summed E-state index contributed by atoms with van der Waals surface area (Å²) in [4.78, 5) is 30.3. The van der Waals surface area contributed by atoms with Crippen LogP contribution >= 0.6 is 35.0 Å². The van der Waals surface area contributed by atoms with Gasteiger partial charge in [-0.15, -0.1) is 16.8 Å². The molecule has 11 heteroatoms. The maximum atomic E-state index is 13.1. The van der Waals surface area contributed by atoms with Crippen molar-refractivity contribution in [3.05, 3.63) is 82.6 Å². The Morgan fingerprint density at radius 2 is 1.79 bits per heavy atom. The number of rotatable bonds is 10. The van der Waals surface area contributed by atoms with Crippen molar-refractivity contribution in [1.29, 1.82) is 0 Å². The number of halogens is 2. The molecule has 8 nitrogen and oxygen atoms in total. The van der Waals surface area contributed by atoms with Gasteiger partial charge >= 0.3 is 0 Å². The summed E-state index contributed by atoms with van der Waals surface area (Å²) in [5, 5.41) is 13.2. The minimum Gasteiger partial charge on any atom is -0.368 e. The zero-order chi connectivity index (χ0) is 27.9. The number of anilines is 1. The van der Waals surface area contributed by atoms with Crippen LogP contribution in [0.3, 0.4) is 0 Å². The van der Waals surface area contributed by atoms with Crippen molar-refractivity contribution < 1.29 is 9.59 Å². The maximum Gasteiger partial charge on any atom is 0.253 e. The number of benzene rings is 2. The van der Waals surface area contributed by atoms with Crippen LogP contribution in [0.1, 0.15) is 36.1 Å². The molecule has 1 aliphatic heterocycles. The summed E-state index contributed by atoms with van der Waals surface area (Å²) in [6, 6.07) is 14.6. The lowest BCUT2D eigenvalue weighted by molar-refractivity contribution is -0.128. The van der Waals surface area contributed by atoms with Crippen LogP contribution in [-0.4, -0.2) is 63.4 Å². The Labute approximate surface area is 243 Å². The average Bonchev–Trinajstić information content (AvgIpc) is 3.32. The molecule has 0 aliphatic carbocycles. The number of carbonyl (C=O) groups excluding carboxylic acids is 2. The Hall–Kier alpha value is -3.01. The minimum atomic E-state index is -0.437. The number of allylic oxidation sites excluding steroid dienone is 1. The summed E-state index contributed by atoms with van der Waals surface area (Å²) in [5.41, 5.74) is 1.50. The van der Waals surface area contributed by atoms with Crippen LogP contribution in [0, 0.1) is 5.92 Å². The van der Waals surface area contributed by atoms with Crippen LogP contribution in [0.2, 0.25) is 10.0 Å². The van der Waals surface area contributed by atoms with E-state index in [0.29, 0.717) is 41.2 Å². The molecule has 1 atom stereocenters.